The Bertz CT molecular complexity index is 454. The van der Waals surface area contributed by atoms with Gasteiger partial charge in [0.15, 0.2) is 0 Å². The van der Waals surface area contributed by atoms with Crippen LogP contribution < -0.4 is 5.56 Å². The lowest BCUT2D eigenvalue weighted by Crippen LogP contribution is -2.05. The van der Waals surface area contributed by atoms with Crippen molar-refractivity contribution in [1.82, 2.24) is 4.98 Å². The van der Waals surface area contributed by atoms with E-state index in [2.05, 4.69) is 4.98 Å². The molecule has 0 fully saturated rings. The Kier molecular flexibility index (Phi) is 1.77. The van der Waals surface area contributed by atoms with Crippen LogP contribution >= 0.6 is 0 Å². The normalized spacial score (nSPS) is 10.2. The van der Waals surface area contributed by atoms with Gasteiger partial charge in [-0.3, -0.25) is 4.79 Å². The monoisotopic (exact) mass is 175 g/mol. The fourth-order valence-corrected chi connectivity index (χ4v) is 1.27. The first-order valence-corrected chi connectivity index (χ1v) is 4.00. The van der Waals surface area contributed by atoms with Crippen molar-refractivity contribution in [2.45, 2.75) is 6.92 Å². The molecule has 0 spiro atoms. The summed E-state index contributed by atoms with van der Waals surface area (Å²) in [6.45, 7) is 1.84. The maximum atomic E-state index is 11.1. The Labute approximate surface area is 75.0 Å². The highest BCUT2D eigenvalue weighted by Gasteiger charge is 2.01. The van der Waals surface area contributed by atoms with Crippen molar-refractivity contribution in [3.63, 3.8) is 0 Å². The summed E-state index contributed by atoms with van der Waals surface area (Å²) in [6, 6.07) is 7.02. The SMILES string of the molecule is Cc1cc(-c2ccco2)cc(=O)[nH]1. The van der Waals surface area contributed by atoms with E-state index in [1.54, 1.807) is 12.3 Å². The first-order valence-electron chi connectivity index (χ1n) is 4.00. The zero-order chi connectivity index (χ0) is 9.26. The molecule has 2 heterocycles. The molecule has 66 valence electrons. The average molecular weight is 175 g/mol. The van der Waals surface area contributed by atoms with Crippen molar-refractivity contribution in [3.05, 3.63) is 46.6 Å². The summed E-state index contributed by atoms with van der Waals surface area (Å²) in [6.07, 6.45) is 1.59. The van der Waals surface area contributed by atoms with E-state index in [0.717, 1.165) is 11.3 Å². The topological polar surface area (TPSA) is 46.0 Å². The second kappa shape index (κ2) is 2.94. The lowest BCUT2D eigenvalue weighted by atomic mass is 10.2. The fraction of sp³-hybridized carbons (Fsp3) is 0.100. The molecule has 0 amide bonds. The molecular formula is C10H9NO2. The lowest BCUT2D eigenvalue weighted by molar-refractivity contribution is 0.582. The van der Waals surface area contributed by atoms with Crippen molar-refractivity contribution < 1.29 is 4.42 Å². The van der Waals surface area contributed by atoms with E-state index in [1.807, 2.05) is 19.1 Å². The predicted molar refractivity (Wildman–Crippen MR) is 49.5 cm³/mol. The molecule has 0 saturated carbocycles. The summed E-state index contributed by atoms with van der Waals surface area (Å²) in [7, 11) is 0. The van der Waals surface area contributed by atoms with Gasteiger partial charge in [0, 0.05) is 17.3 Å². The number of hydrogen-bond donors (Lipinski definition) is 1. The Hall–Kier alpha value is -1.77. The third-order valence-corrected chi connectivity index (χ3v) is 1.78. The molecule has 13 heavy (non-hydrogen) atoms. The molecule has 0 aliphatic heterocycles. The van der Waals surface area contributed by atoms with Gasteiger partial charge in [0.05, 0.1) is 6.26 Å². The smallest absolute Gasteiger partial charge is 0.248 e. The molecule has 0 bridgehead atoms. The molecule has 2 aromatic heterocycles. The number of H-pyrrole nitrogens is 1. The van der Waals surface area contributed by atoms with Gasteiger partial charge in [-0.2, -0.15) is 0 Å². The number of aromatic amines is 1. The number of furan rings is 1. The van der Waals surface area contributed by atoms with E-state index in [9.17, 15) is 4.79 Å². The van der Waals surface area contributed by atoms with Crippen LogP contribution in [0.3, 0.4) is 0 Å². The average Bonchev–Trinajstić information content (AvgIpc) is 2.53. The van der Waals surface area contributed by atoms with E-state index < -0.39 is 0 Å². The third-order valence-electron chi connectivity index (χ3n) is 1.78. The molecule has 1 N–H and O–H groups in total. The maximum absolute atomic E-state index is 11.1. The molecule has 0 saturated heterocycles. The lowest BCUT2D eigenvalue weighted by Gasteiger charge is -1.97. The van der Waals surface area contributed by atoms with Gasteiger partial charge in [-0.15, -0.1) is 0 Å². The van der Waals surface area contributed by atoms with E-state index in [-0.39, 0.29) is 5.56 Å². The van der Waals surface area contributed by atoms with Crippen molar-refractivity contribution in [2.24, 2.45) is 0 Å². The second-order valence-electron chi connectivity index (χ2n) is 2.89. The van der Waals surface area contributed by atoms with Crippen LogP contribution in [0.1, 0.15) is 5.69 Å². The molecule has 0 unspecified atom stereocenters. The van der Waals surface area contributed by atoms with Crippen molar-refractivity contribution in [2.75, 3.05) is 0 Å². The summed E-state index contributed by atoms with van der Waals surface area (Å²) in [5, 5.41) is 0. The van der Waals surface area contributed by atoms with Gasteiger partial charge in [0.25, 0.3) is 0 Å². The minimum atomic E-state index is -0.105. The second-order valence-corrected chi connectivity index (χ2v) is 2.89. The molecule has 0 radical (unpaired) electrons. The van der Waals surface area contributed by atoms with Crippen LogP contribution in [-0.4, -0.2) is 4.98 Å². The highest BCUT2D eigenvalue weighted by atomic mass is 16.3. The molecule has 2 aromatic rings. The molecular weight excluding hydrogens is 166 g/mol. The van der Waals surface area contributed by atoms with E-state index in [4.69, 9.17) is 4.42 Å². The van der Waals surface area contributed by atoms with Gasteiger partial charge in [-0.1, -0.05) is 0 Å². The number of aromatic nitrogens is 1. The van der Waals surface area contributed by atoms with Crippen LogP contribution in [0.2, 0.25) is 0 Å². The number of pyridine rings is 1. The third kappa shape index (κ3) is 1.54. The first-order chi connectivity index (χ1) is 6.25. The van der Waals surface area contributed by atoms with Crippen molar-refractivity contribution in [3.8, 4) is 11.3 Å². The molecule has 0 aliphatic carbocycles. The van der Waals surface area contributed by atoms with E-state index in [0.29, 0.717) is 5.76 Å². The minimum absolute atomic E-state index is 0.105. The van der Waals surface area contributed by atoms with Crippen LogP contribution in [0.25, 0.3) is 11.3 Å². The van der Waals surface area contributed by atoms with Crippen molar-refractivity contribution in [1.29, 1.82) is 0 Å². The summed E-state index contributed by atoms with van der Waals surface area (Å²) >= 11 is 0. The Morgan fingerprint density at radius 1 is 1.38 bits per heavy atom. The van der Waals surface area contributed by atoms with Gasteiger partial charge in [0.2, 0.25) is 5.56 Å². The van der Waals surface area contributed by atoms with Crippen molar-refractivity contribution >= 4 is 0 Å². The highest BCUT2D eigenvalue weighted by Crippen LogP contribution is 2.17. The van der Waals surface area contributed by atoms with Gasteiger partial charge >= 0.3 is 0 Å². The summed E-state index contributed by atoms with van der Waals surface area (Å²) in [5.74, 6) is 0.717. The Morgan fingerprint density at radius 2 is 2.23 bits per heavy atom. The molecule has 3 heteroatoms. The summed E-state index contributed by atoms with van der Waals surface area (Å²) in [5.41, 5.74) is 1.54. The van der Waals surface area contributed by atoms with Gasteiger partial charge in [-0.25, -0.2) is 0 Å². The number of nitrogens with one attached hydrogen (secondary N) is 1. The molecule has 0 aromatic carbocycles. The van der Waals surface area contributed by atoms with Gasteiger partial charge < -0.3 is 9.40 Å². The molecule has 0 atom stereocenters. The van der Waals surface area contributed by atoms with Crippen LogP contribution in [-0.2, 0) is 0 Å². The molecule has 2 rings (SSSR count). The largest absolute Gasteiger partial charge is 0.464 e. The van der Waals surface area contributed by atoms with Crippen LogP contribution in [0.5, 0.6) is 0 Å². The van der Waals surface area contributed by atoms with Crippen LogP contribution in [0.15, 0.2) is 39.7 Å². The van der Waals surface area contributed by atoms with Crippen LogP contribution in [0.4, 0.5) is 0 Å². The zero-order valence-corrected chi connectivity index (χ0v) is 7.20. The summed E-state index contributed by atoms with van der Waals surface area (Å²) < 4.78 is 5.18. The van der Waals surface area contributed by atoms with Gasteiger partial charge in [0.1, 0.15) is 5.76 Å². The van der Waals surface area contributed by atoms with E-state index in [1.165, 1.54) is 6.07 Å². The Morgan fingerprint density at radius 3 is 2.85 bits per heavy atom. The number of rotatable bonds is 1. The van der Waals surface area contributed by atoms with Crippen LogP contribution in [0, 0.1) is 6.92 Å². The minimum Gasteiger partial charge on any atom is -0.464 e. The fourth-order valence-electron chi connectivity index (χ4n) is 1.27. The number of aryl methyl sites for hydroxylation is 1. The first kappa shape index (κ1) is 7.86. The summed E-state index contributed by atoms with van der Waals surface area (Å²) in [4.78, 5) is 13.8. The zero-order valence-electron chi connectivity index (χ0n) is 7.20. The van der Waals surface area contributed by atoms with Gasteiger partial charge in [-0.05, 0) is 25.1 Å². The quantitative estimate of drug-likeness (QED) is 0.719. The standard InChI is InChI=1S/C10H9NO2/c1-7-5-8(6-10(12)11-7)9-3-2-4-13-9/h2-6H,1H3,(H,11,12). The molecule has 3 nitrogen and oxygen atoms in total. The Balaban J connectivity index is 2.59. The number of hydrogen-bond acceptors (Lipinski definition) is 2. The maximum Gasteiger partial charge on any atom is 0.248 e. The molecule has 0 aliphatic rings. The highest BCUT2D eigenvalue weighted by molar-refractivity contribution is 5.56. The predicted octanol–water partition coefficient (Wildman–Crippen LogP) is 1.94. The van der Waals surface area contributed by atoms with E-state index >= 15 is 0 Å².